The van der Waals surface area contributed by atoms with E-state index in [1.807, 2.05) is 36.1 Å². The van der Waals surface area contributed by atoms with Crippen molar-refractivity contribution in [2.45, 2.75) is 71.4 Å². The minimum atomic E-state index is -0.201. The highest BCUT2D eigenvalue weighted by Gasteiger charge is 2.47. The summed E-state index contributed by atoms with van der Waals surface area (Å²) < 4.78 is 17.2. The molecule has 0 bridgehead atoms. The lowest BCUT2D eigenvalue weighted by Gasteiger charge is -2.56. The lowest BCUT2D eigenvalue weighted by atomic mass is 9.71. The molecule has 2 aliphatic heterocycles. The molecule has 0 unspecified atom stereocenters. The molecule has 7 nitrogen and oxygen atoms in total. The summed E-state index contributed by atoms with van der Waals surface area (Å²) >= 11 is 0. The normalized spacial score (nSPS) is 20.1. The first-order valence-corrected chi connectivity index (χ1v) is 13.8. The van der Waals surface area contributed by atoms with E-state index in [2.05, 4.69) is 39.0 Å². The van der Waals surface area contributed by atoms with Gasteiger partial charge in [-0.3, -0.25) is 9.58 Å². The van der Waals surface area contributed by atoms with E-state index in [0.29, 0.717) is 22.7 Å². The average Bonchev–Trinajstić information content (AvgIpc) is 3.57. The summed E-state index contributed by atoms with van der Waals surface area (Å²) in [5.74, 6) is 0.245. The molecule has 0 atom stereocenters. The molecule has 0 amide bonds. The minimum Gasteiger partial charge on any atom is -0.369 e. The van der Waals surface area contributed by atoms with Gasteiger partial charge in [-0.2, -0.15) is 5.10 Å². The molecule has 3 aliphatic rings. The summed E-state index contributed by atoms with van der Waals surface area (Å²) in [5.41, 5.74) is 4.54. The average molecular weight is 504 g/mol. The highest BCUT2D eigenvalue weighted by molar-refractivity contribution is 5.65. The van der Waals surface area contributed by atoms with Gasteiger partial charge in [0.1, 0.15) is 5.82 Å². The molecule has 8 heteroatoms. The molecule has 1 saturated carbocycles. The Kier molecular flexibility index (Phi) is 6.39. The van der Waals surface area contributed by atoms with Gasteiger partial charge >= 0.3 is 0 Å². The standard InChI is InChI=1S/C29H38FN7/c1-20(2)37-17-22(16-32-37)27-21(3)15-31-28(34-27)33-23-8-9-26(25(30)14-23)35-12-10-29(11-13-35)18-36(19-29)24-6-4-5-7-24/h8-9,14-17,20,24H,4-7,10-13,18-19H2,1-3H3,(H,31,33,34). The molecule has 0 radical (unpaired) electrons. The number of halogens is 1. The largest absolute Gasteiger partial charge is 0.369 e. The Morgan fingerprint density at radius 2 is 1.84 bits per heavy atom. The fourth-order valence-electron chi connectivity index (χ4n) is 6.39. The lowest BCUT2D eigenvalue weighted by Crippen LogP contribution is -2.62. The number of nitrogens with one attached hydrogen (secondary N) is 1. The van der Waals surface area contributed by atoms with Crippen molar-refractivity contribution in [2.24, 2.45) is 5.41 Å². The van der Waals surface area contributed by atoms with Crippen LogP contribution in [-0.2, 0) is 0 Å². The van der Waals surface area contributed by atoms with Gasteiger partial charge in [0.15, 0.2) is 0 Å². The summed E-state index contributed by atoms with van der Waals surface area (Å²) in [4.78, 5) is 14.1. The number of aryl methyl sites for hydroxylation is 1. The molecule has 2 aromatic heterocycles. The summed E-state index contributed by atoms with van der Waals surface area (Å²) in [7, 11) is 0. The van der Waals surface area contributed by atoms with Gasteiger partial charge in [-0.25, -0.2) is 14.4 Å². The Morgan fingerprint density at radius 3 is 2.51 bits per heavy atom. The zero-order chi connectivity index (χ0) is 25.6. The number of benzene rings is 1. The first kappa shape index (κ1) is 24.3. The Bertz CT molecular complexity index is 1250. The van der Waals surface area contributed by atoms with Gasteiger partial charge in [-0.05, 0) is 75.6 Å². The number of likely N-dealkylation sites (tertiary alicyclic amines) is 1. The third-order valence-electron chi connectivity index (χ3n) is 8.66. The fourth-order valence-corrected chi connectivity index (χ4v) is 6.39. The molecule has 3 aromatic rings. The molecule has 1 aliphatic carbocycles. The number of piperidine rings is 1. The number of aromatic nitrogens is 4. The van der Waals surface area contributed by atoms with Gasteiger partial charge in [0.2, 0.25) is 5.95 Å². The maximum atomic E-state index is 15.2. The van der Waals surface area contributed by atoms with Crippen molar-refractivity contribution in [1.82, 2.24) is 24.6 Å². The lowest BCUT2D eigenvalue weighted by molar-refractivity contribution is -0.0452. The predicted molar refractivity (Wildman–Crippen MR) is 146 cm³/mol. The Balaban J connectivity index is 1.09. The topological polar surface area (TPSA) is 62.1 Å². The zero-order valence-electron chi connectivity index (χ0n) is 22.3. The number of rotatable bonds is 6. The monoisotopic (exact) mass is 503 g/mol. The third-order valence-corrected chi connectivity index (χ3v) is 8.66. The Hall–Kier alpha value is -3.00. The smallest absolute Gasteiger partial charge is 0.227 e. The van der Waals surface area contributed by atoms with Crippen molar-refractivity contribution in [3.8, 4) is 11.3 Å². The van der Waals surface area contributed by atoms with Crippen LogP contribution >= 0.6 is 0 Å². The predicted octanol–water partition coefficient (Wildman–Crippen LogP) is 5.96. The van der Waals surface area contributed by atoms with Crippen LogP contribution in [0.5, 0.6) is 0 Å². The van der Waals surface area contributed by atoms with Crippen molar-refractivity contribution in [3.63, 3.8) is 0 Å². The summed E-state index contributed by atoms with van der Waals surface area (Å²) in [5, 5.41) is 7.62. The van der Waals surface area contributed by atoms with E-state index in [-0.39, 0.29) is 11.9 Å². The molecule has 37 heavy (non-hydrogen) atoms. The molecular formula is C29H38FN7. The minimum absolute atomic E-state index is 0.201. The van der Waals surface area contributed by atoms with Gasteiger partial charge in [0.25, 0.3) is 0 Å². The molecular weight excluding hydrogens is 465 g/mol. The van der Waals surface area contributed by atoms with Gasteiger partial charge in [0.05, 0.1) is 17.6 Å². The van der Waals surface area contributed by atoms with E-state index in [0.717, 1.165) is 48.8 Å². The van der Waals surface area contributed by atoms with Gasteiger partial charge in [-0.1, -0.05) is 12.8 Å². The van der Waals surface area contributed by atoms with Crippen LogP contribution in [0.1, 0.15) is 64.0 Å². The van der Waals surface area contributed by atoms with Crippen LogP contribution < -0.4 is 10.2 Å². The second kappa shape index (κ2) is 9.71. The van der Waals surface area contributed by atoms with Crippen molar-refractivity contribution >= 4 is 17.3 Å². The first-order chi connectivity index (χ1) is 17.9. The van der Waals surface area contributed by atoms with Crippen LogP contribution in [0.2, 0.25) is 0 Å². The molecule has 2 saturated heterocycles. The number of hydrogen-bond acceptors (Lipinski definition) is 6. The molecule has 1 spiro atoms. The van der Waals surface area contributed by atoms with Crippen LogP contribution in [0.3, 0.4) is 0 Å². The van der Waals surface area contributed by atoms with E-state index in [4.69, 9.17) is 4.98 Å². The van der Waals surface area contributed by atoms with Gasteiger partial charge in [0, 0.05) is 61.9 Å². The molecule has 6 rings (SSSR count). The van der Waals surface area contributed by atoms with E-state index in [1.165, 1.54) is 38.8 Å². The molecule has 4 heterocycles. The van der Waals surface area contributed by atoms with Crippen molar-refractivity contribution < 1.29 is 4.39 Å². The van der Waals surface area contributed by atoms with Gasteiger partial charge in [-0.15, -0.1) is 0 Å². The summed E-state index contributed by atoms with van der Waals surface area (Å²) in [6.07, 6.45) is 13.5. The Morgan fingerprint density at radius 1 is 1.08 bits per heavy atom. The zero-order valence-corrected chi connectivity index (χ0v) is 22.3. The van der Waals surface area contributed by atoms with Crippen molar-refractivity contribution in [3.05, 3.63) is 48.2 Å². The van der Waals surface area contributed by atoms with E-state index >= 15 is 4.39 Å². The van der Waals surface area contributed by atoms with E-state index in [1.54, 1.807) is 12.3 Å². The van der Waals surface area contributed by atoms with Crippen molar-refractivity contribution in [1.29, 1.82) is 0 Å². The van der Waals surface area contributed by atoms with Crippen LogP contribution in [-0.4, -0.2) is 56.9 Å². The Labute approximate surface area is 219 Å². The maximum absolute atomic E-state index is 15.2. The first-order valence-electron chi connectivity index (χ1n) is 13.8. The fraction of sp³-hybridized carbons (Fsp3) is 0.552. The van der Waals surface area contributed by atoms with E-state index < -0.39 is 0 Å². The summed E-state index contributed by atoms with van der Waals surface area (Å²) in [6, 6.07) is 6.48. The second-order valence-electron chi connectivity index (χ2n) is 11.6. The van der Waals surface area contributed by atoms with Crippen LogP contribution in [0.15, 0.2) is 36.8 Å². The van der Waals surface area contributed by atoms with Gasteiger partial charge < -0.3 is 10.2 Å². The van der Waals surface area contributed by atoms with Crippen molar-refractivity contribution in [2.75, 3.05) is 36.4 Å². The quantitative estimate of drug-likeness (QED) is 0.448. The van der Waals surface area contributed by atoms with Crippen LogP contribution in [0, 0.1) is 18.2 Å². The summed E-state index contributed by atoms with van der Waals surface area (Å²) in [6.45, 7) is 10.5. The number of hydrogen-bond donors (Lipinski definition) is 1. The van der Waals surface area contributed by atoms with E-state index in [9.17, 15) is 0 Å². The highest BCUT2D eigenvalue weighted by atomic mass is 19.1. The van der Waals surface area contributed by atoms with Crippen LogP contribution in [0.25, 0.3) is 11.3 Å². The number of anilines is 3. The molecule has 3 fully saturated rings. The van der Waals surface area contributed by atoms with Crippen LogP contribution in [0.4, 0.5) is 21.7 Å². The second-order valence-corrected chi connectivity index (χ2v) is 11.6. The number of nitrogens with zero attached hydrogens (tertiary/aromatic N) is 6. The highest BCUT2D eigenvalue weighted by Crippen LogP contribution is 2.44. The molecule has 196 valence electrons. The maximum Gasteiger partial charge on any atom is 0.227 e. The molecule has 1 N–H and O–H groups in total. The molecule has 1 aromatic carbocycles. The third kappa shape index (κ3) is 4.83. The SMILES string of the molecule is Cc1cnc(Nc2ccc(N3CCC4(CC3)CN(C3CCCC3)C4)c(F)c2)nc1-c1cnn(C(C)C)c1.